The molecule has 4 atom stereocenters. The summed E-state index contributed by atoms with van der Waals surface area (Å²) in [6.45, 7) is 5.22. The van der Waals surface area contributed by atoms with Crippen LogP contribution in [-0.2, 0) is 11.3 Å². The molecule has 3 rings (SSSR count). The quantitative estimate of drug-likeness (QED) is 0.900. The largest absolute Gasteiger partial charge is 0.390 e. The first-order valence-corrected chi connectivity index (χ1v) is 9.40. The summed E-state index contributed by atoms with van der Waals surface area (Å²) in [6.07, 6.45) is 8.69. The second-order valence-corrected chi connectivity index (χ2v) is 8.45. The van der Waals surface area contributed by atoms with Gasteiger partial charge in [-0.15, -0.1) is 0 Å². The Morgan fingerprint density at radius 3 is 2.84 bits per heavy atom. The van der Waals surface area contributed by atoms with Crippen LogP contribution in [0.3, 0.4) is 0 Å². The molecule has 1 saturated carbocycles. The van der Waals surface area contributed by atoms with E-state index in [-0.39, 0.29) is 23.9 Å². The maximum absolute atomic E-state index is 12.5. The van der Waals surface area contributed by atoms with Gasteiger partial charge in [0.25, 0.3) is 0 Å². The minimum atomic E-state index is -0.644. The van der Waals surface area contributed by atoms with E-state index in [0.29, 0.717) is 12.6 Å². The van der Waals surface area contributed by atoms with Crippen molar-refractivity contribution >= 4 is 5.91 Å². The first-order valence-electron chi connectivity index (χ1n) is 9.40. The van der Waals surface area contributed by atoms with E-state index >= 15 is 0 Å². The Labute approximate surface area is 150 Å². The number of aromatic nitrogens is 2. The summed E-state index contributed by atoms with van der Waals surface area (Å²) in [6, 6.07) is 2.49. The molecule has 1 amide bonds. The number of fused-ring (bicyclic) bond motifs is 1. The number of rotatable bonds is 4. The lowest BCUT2D eigenvalue weighted by Crippen LogP contribution is -2.50. The molecule has 6 heteroatoms. The Kier molecular flexibility index (Phi) is 4.95. The number of hydrogen-bond acceptors (Lipinski definition) is 4. The Bertz CT molecular complexity index is 601. The van der Waals surface area contributed by atoms with Gasteiger partial charge >= 0.3 is 0 Å². The van der Waals surface area contributed by atoms with E-state index in [4.69, 9.17) is 0 Å². The molecule has 0 spiro atoms. The fraction of sp³-hybridized carbons (Fsp3) is 0.789. The molecule has 140 valence electrons. The van der Waals surface area contributed by atoms with Crippen LogP contribution in [0.15, 0.2) is 18.5 Å². The van der Waals surface area contributed by atoms with Gasteiger partial charge in [-0.2, -0.15) is 5.10 Å². The van der Waals surface area contributed by atoms with Crippen molar-refractivity contribution in [3.8, 4) is 0 Å². The van der Waals surface area contributed by atoms with E-state index in [1.54, 1.807) is 10.9 Å². The molecule has 25 heavy (non-hydrogen) atoms. The highest BCUT2D eigenvalue weighted by Gasteiger charge is 2.57. The first kappa shape index (κ1) is 18.4. The summed E-state index contributed by atoms with van der Waals surface area (Å²) in [4.78, 5) is 16.7. The van der Waals surface area contributed by atoms with Crippen molar-refractivity contribution in [2.45, 2.75) is 70.2 Å². The van der Waals surface area contributed by atoms with Gasteiger partial charge in [0.05, 0.1) is 5.60 Å². The smallest absolute Gasteiger partial charge is 0.244 e. The summed E-state index contributed by atoms with van der Waals surface area (Å²) in [5, 5.41) is 15.2. The first-order chi connectivity index (χ1) is 11.7. The molecule has 2 fully saturated rings. The van der Waals surface area contributed by atoms with Crippen LogP contribution in [0.1, 0.15) is 46.0 Å². The van der Waals surface area contributed by atoms with Gasteiger partial charge in [0, 0.05) is 43.5 Å². The van der Waals surface area contributed by atoms with Crippen molar-refractivity contribution in [2.24, 2.45) is 5.41 Å². The highest BCUT2D eigenvalue weighted by atomic mass is 16.3. The summed E-state index contributed by atoms with van der Waals surface area (Å²) >= 11 is 0. The van der Waals surface area contributed by atoms with Gasteiger partial charge in [-0.3, -0.25) is 14.4 Å². The molecular formula is C19H32N4O2. The molecule has 0 radical (unpaired) electrons. The van der Waals surface area contributed by atoms with E-state index in [1.807, 2.05) is 31.1 Å². The minimum Gasteiger partial charge on any atom is -0.390 e. The van der Waals surface area contributed by atoms with Crippen molar-refractivity contribution < 1.29 is 9.90 Å². The second kappa shape index (κ2) is 6.72. The van der Waals surface area contributed by atoms with E-state index in [9.17, 15) is 9.90 Å². The van der Waals surface area contributed by atoms with Gasteiger partial charge in [0.2, 0.25) is 5.91 Å². The van der Waals surface area contributed by atoms with E-state index < -0.39 is 5.60 Å². The fourth-order valence-corrected chi connectivity index (χ4v) is 4.93. The normalized spacial score (nSPS) is 36.0. The van der Waals surface area contributed by atoms with Gasteiger partial charge in [-0.05, 0) is 39.3 Å². The molecule has 1 N–H and O–H groups in total. The summed E-state index contributed by atoms with van der Waals surface area (Å²) in [5.41, 5.74) is -0.760. The van der Waals surface area contributed by atoms with E-state index in [2.05, 4.69) is 24.0 Å². The van der Waals surface area contributed by atoms with Crippen molar-refractivity contribution in [3.05, 3.63) is 18.5 Å². The lowest BCUT2D eigenvalue weighted by Gasteiger charge is -2.43. The molecule has 2 heterocycles. The van der Waals surface area contributed by atoms with Gasteiger partial charge in [-0.25, -0.2) is 0 Å². The molecule has 1 aromatic heterocycles. The van der Waals surface area contributed by atoms with Crippen LogP contribution in [-0.4, -0.2) is 68.9 Å². The molecule has 1 aromatic rings. The lowest BCUT2D eigenvalue weighted by molar-refractivity contribution is -0.131. The van der Waals surface area contributed by atoms with Crippen LogP contribution in [0.4, 0.5) is 0 Å². The highest BCUT2D eigenvalue weighted by molar-refractivity contribution is 5.75. The van der Waals surface area contributed by atoms with Crippen LogP contribution < -0.4 is 0 Å². The average Bonchev–Trinajstić information content (AvgIpc) is 3.10. The third-order valence-corrected chi connectivity index (χ3v) is 6.85. The average molecular weight is 348 g/mol. The van der Waals surface area contributed by atoms with Crippen molar-refractivity contribution in [1.29, 1.82) is 0 Å². The molecule has 1 aliphatic heterocycles. The number of nitrogens with zero attached hydrogens (tertiary/aromatic N) is 4. The van der Waals surface area contributed by atoms with Crippen LogP contribution in [0.2, 0.25) is 0 Å². The summed E-state index contributed by atoms with van der Waals surface area (Å²) in [7, 11) is 4.03. The SMILES string of the molecule is CN(C[C@H]1C[C@]2(C)[C@@H](CCCC[C@]2(C)O)N1C)C(=O)Cn1cccn1. The molecule has 1 aliphatic carbocycles. The standard InChI is InChI=1S/C19H32N4O2/c1-18-12-15(13-21(3)17(24)14-23-11-7-10-20-23)22(4)16(18)8-5-6-9-19(18,2)25/h7,10-11,15-16,25H,5-6,8-9,12-14H2,1-4H3/t15-,16-,18-,19+/m1/s1. The minimum absolute atomic E-state index is 0.0705. The maximum atomic E-state index is 12.5. The Morgan fingerprint density at radius 2 is 2.16 bits per heavy atom. The maximum Gasteiger partial charge on any atom is 0.244 e. The summed E-state index contributed by atoms with van der Waals surface area (Å²) < 4.78 is 1.66. The lowest BCUT2D eigenvalue weighted by atomic mass is 9.67. The topological polar surface area (TPSA) is 61.6 Å². The van der Waals surface area contributed by atoms with Crippen molar-refractivity contribution in [3.63, 3.8) is 0 Å². The molecule has 0 unspecified atom stereocenters. The second-order valence-electron chi connectivity index (χ2n) is 8.45. The van der Waals surface area contributed by atoms with Gasteiger partial charge in [-0.1, -0.05) is 19.8 Å². The van der Waals surface area contributed by atoms with Gasteiger partial charge < -0.3 is 10.0 Å². The molecule has 0 bridgehead atoms. The summed E-state index contributed by atoms with van der Waals surface area (Å²) in [5.74, 6) is 0.0705. The number of hydrogen-bond donors (Lipinski definition) is 1. The zero-order chi connectivity index (χ0) is 18.2. The predicted molar refractivity (Wildman–Crippen MR) is 97.0 cm³/mol. The third kappa shape index (κ3) is 3.34. The number of aliphatic hydroxyl groups is 1. The Balaban J connectivity index is 1.68. The van der Waals surface area contributed by atoms with E-state index in [1.165, 1.54) is 6.42 Å². The monoisotopic (exact) mass is 348 g/mol. The van der Waals surface area contributed by atoms with E-state index in [0.717, 1.165) is 25.7 Å². The van der Waals surface area contributed by atoms with Crippen LogP contribution in [0.5, 0.6) is 0 Å². The molecule has 6 nitrogen and oxygen atoms in total. The molecule has 2 aliphatic rings. The van der Waals surface area contributed by atoms with Crippen LogP contribution in [0.25, 0.3) is 0 Å². The molecule has 1 saturated heterocycles. The highest BCUT2D eigenvalue weighted by Crippen LogP contribution is 2.52. The number of likely N-dealkylation sites (tertiary alicyclic amines) is 1. The van der Waals surface area contributed by atoms with Crippen molar-refractivity contribution in [2.75, 3.05) is 20.6 Å². The number of likely N-dealkylation sites (N-methyl/N-ethyl adjacent to an activating group) is 2. The van der Waals surface area contributed by atoms with Gasteiger partial charge in [0.15, 0.2) is 0 Å². The predicted octanol–water partition coefficient (Wildman–Crippen LogP) is 1.75. The van der Waals surface area contributed by atoms with Crippen LogP contribution in [0, 0.1) is 5.41 Å². The fourth-order valence-electron chi connectivity index (χ4n) is 4.93. The van der Waals surface area contributed by atoms with Crippen molar-refractivity contribution in [1.82, 2.24) is 19.6 Å². The zero-order valence-corrected chi connectivity index (χ0v) is 16.0. The Morgan fingerprint density at radius 1 is 1.40 bits per heavy atom. The number of carbonyl (C=O) groups excluding carboxylic acids is 1. The molecule has 0 aromatic carbocycles. The Hall–Kier alpha value is -1.40. The third-order valence-electron chi connectivity index (χ3n) is 6.85. The molecular weight excluding hydrogens is 316 g/mol. The van der Waals surface area contributed by atoms with Gasteiger partial charge in [0.1, 0.15) is 6.54 Å². The number of amides is 1. The zero-order valence-electron chi connectivity index (χ0n) is 16.0. The van der Waals surface area contributed by atoms with Crippen LogP contribution >= 0.6 is 0 Å². The number of carbonyl (C=O) groups is 1.